The van der Waals surface area contributed by atoms with E-state index >= 15 is 0 Å². The number of aliphatic hydroxyl groups excluding tert-OH is 1. The number of hydrogen-bond donors (Lipinski definition) is 3. The molecule has 7 nitrogen and oxygen atoms in total. The number of aliphatic hydroxyl groups is 1. The van der Waals surface area contributed by atoms with Gasteiger partial charge in [-0.05, 0) is 45.4 Å². The van der Waals surface area contributed by atoms with Crippen LogP contribution in [0.5, 0.6) is 6.01 Å². The summed E-state index contributed by atoms with van der Waals surface area (Å²) in [6.07, 6.45) is 3.11. The number of nitrogens with zero attached hydrogens (tertiary/aromatic N) is 3. The fourth-order valence-electron chi connectivity index (χ4n) is 2.13. The molecule has 0 saturated heterocycles. The van der Waals surface area contributed by atoms with Gasteiger partial charge in [0.05, 0.1) is 6.10 Å². The number of nitrogens with one attached hydrogen (secondary N) is 2. The highest BCUT2D eigenvalue weighted by molar-refractivity contribution is 5.36. The molecule has 2 rings (SSSR count). The molecule has 1 saturated carbocycles. The lowest BCUT2D eigenvalue weighted by Gasteiger charge is -2.16. The number of ether oxygens (including phenoxy) is 1. The second kappa shape index (κ2) is 6.89. The lowest BCUT2D eigenvalue weighted by atomic mass is 10.0. The van der Waals surface area contributed by atoms with E-state index in [1.165, 1.54) is 0 Å². The Morgan fingerprint density at radius 1 is 1.19 bits per heavy atom. The third-order valence-corrected chi connectivity index (χ3v) is 3.51. The number of rotatable bonds is 9. The van der Waals surface area contributed by atoms with E-state index in [9.17, 15) is 0 Å². The van der Waals surface area contributed by atoms with E-state index in [0.29, 0.717) is 17.9 Å². The standard InChI is InChI=1S/C14H25N5O2/c1-4-15-11-17-12(19-13(18-11)21-10(2)3)16-9-14(5-6-14)7-8-20/h10,20H,4-9H2,1-3H3,(H2,15,16,17,18,19). The van der Waals surface area contributed by atoms with Gasteiger partial charge in [0.15, 0.2) is 0 Å². The Bertz CT molecular complexity index is 463. The molecule has 0 spiro atoms. The number of aromatic nitrogens is 3. The van der Waals surface area contributed by atoms with Gasteiger partial charge in [0.1, 0.15) is 0 Å². The van der Waals surface area contributed by atoms with E-state index < -0.39 is 0 Å². The molecule has 1 aromatic heterocycles. The van der Waals surface area contributed by atoms with Crippen LogP contribution in [0.1, 0.15) is 40.0 Å². The quantitative estimate of drug-likeness (QED) is 0.638. The first-order valence-electron chi connectivity index (χ1n) is 7.58. The van der Waals surface area contributed by atoms with E-state index in [1.807, 2.05) is 20.8 Å². The van der Waals surface area contributed by atoms with Crippen LogP contribution in [-0.4, -0.2) is 45.9 Å². The first kappa shape index (κ1) is 15.8. The first-order valence-corrected chi connectivity index (χ1v) is 7.58. The molecule has 0 bridgehead atoms. The van der Waals surface area contributed by atoms with Crippen molar-refractivity contribution in [3.05, 3.63) is 0 Å². The van der Waals surface area contributed by atoms with Crippen molar-refractivity contribution in [2.24, 2.45) is 5.41 Å². The van der Waals surface area contributed by atoms with Crippen molar-refractivity contribution in [2.45, 2.75) is 46.1 Å². The fraction of sp³-hybridized carbons (Fsp3) is 0.786. The summed E-state index contributed by atoms with van der Waals surface area (Å²) in [5, 5.41) is 15.4. The van der Waals surface area contributed by atoms with Gasteiger partial charge in [-0.3, -0.25) is 0 Å². The molecule has 7 heteroatoms. The molecule has 1 aliphatic rings. The van der Waals surface area contributed by atoms with Crippen molar-refractivity contribution >= 4 is 11.9 Å². The van der Waals surface area contributed by atoms with Gasteiger partial charge in [-0.25, -0.2) is 0 Å². The van der Waals surface area contributed by atoms with Gasteiger partial charge in [0.2, 0.25) is 11.9 Å². The largest absolute Gasteiger partial charge is 0.461 e. The molecular formula is C14H25N5O2. The van der Waals surface area contributed by atoms with E-state index in [0.717, 1.165) is 32.4 Å². The van der Waals surface area contributed by atoms with E-state index in [4.69, 9.17) is 9.84 Å². The number of anilines is 2. The molecule has 21 heavy (non-hydrogen) atoms. The van der Waals surface area contributed by atoms with Crippen molar-refractivity contribution in [3.8, 4) is 6.01 Å². The second-order valence-corrected chi connectivity index (χ2v) is 5.79. The van der Waals surface area contributed by atoms with Crippen molar-refractivity contribution in [1.29, 1.82) is 0 Å². The molecule has 1 aromatic rings. The van der Waals surface area contributed by atoms with Crippen LogP contribution >= 0.6 is 0 Å². The van der Waals surface area contributed by atoms with Crippen LogP contribution in [0.4, 0.5) is 11.9 Å². The molecule has 1 aliphatic carbocycles. The average molecular weight is 295 g/mol. The highest BCUT2D eigenvalue weighted by atomic mass is 16.5. The molecule has 0 aliphatic heterocycles. The molecule has 0 unspecified atom stereocenters. The molecule has 1 heterocycles. The SMILES string of the molecule is CCNc1nc(NCC2(CCO)CC2)nc(OC(C)C)n1. The van der Waals surface area contributed by atoms with E-state index in [-0.39, 0.29) is 18.1 Å². The molecule has 0 radical (unpaired) electrons. The van der Waals surface area contributed by atoms with Gasteiger partial charge in [0.25, 0.3) is 0 Å². The van der Waals surface area contributed by atoms with Crippen LogP contribution in [0, 0.1) is 5.41 Å². The zero-order valence-electron chi connectivity index (χ0n) is 13.0. The first-order chi connectivity index (χ1) is 10.1. The van der Waals surface area contributed by atoms with Crippen molar-refractivity contribution in [2.75, 3.05) is 30.3 Å². The summed E-state index contributed by atoms with van der Waals surface area (Å²) < 4.78 is 5.55. The molecule has 0 aromatic carbocycles. The van der Waals surface area contributed by atoms with Crippen molar-refractivity contribution < 1.29 is 9.84 Å². The van der Waals surface area contributed by atoms with Gasteiger partial charge in [0, 0.05) is 19.7 Å². The Morgan fingerprint density at radius 2 is 1.86 bits per heavy atom. The van der Waals surface area contributed by atoms with Crippen molar-refractivity contribution in [1.82, 2.24) is 15.0 Å². The molecule has 0 atom stereocenters. The summed E-state index contributed by atoms with van der Waals surface area (Å²) in [4.78, 5) is 12.8. The highest BCUT2D eigenvalue weighted by Gasteiger charge is 2.41. The summed E-state index contributed by atoms with van der Waals surface area (Å²) in [6, 6.07) is 0.324. The van der Waals surface area contributed by atoms with Crippen LogP contribution in [0.2, 0.25) is 0 Å². The van der Waals surface area contributed by atoms with Gasteiger partial charge < -0.3 is 20.5 Å². The highest BCUT2D eigenvalue weighted by Crippen LogP contribution is 2.48. The van der Waals surface area contributed by atoms with Crippen LogP contribution in [-0.2, 0) is 0 Å². The van der Waals surface area contributed by atoms with Crippen LogP contribution in [0.15, 0.2) is 0 Å². The lowest BCUT2D eigenvalue weighted by Crippen LogP contribution is -2.19. The Morgan fingerprint density at radius 3 is 2.38 bits per heavy atom. The summed E-state index contributed by atoms with van der Waals surface area (Å²) in [5.74, 6) is 1.03. The third kappa shape index (κ3) is 4.70. The molecular weight excluding hydrogens is 270 g/mol. The predicted molar refractivity (Wildman–Crippen MR) is 81.6 cm³/mol. The smallest absolute Gasteiger partial charge is 0.323 e. The van der Waals surface area contributed by atoms with Gasteiger partial charge in [-0.1, -0.05) is 0 Å². The minimum Gasteiger partial charge on any atom is -0.461 e. The Labute approximate surface area is 125 Å². The summed E-state index contributed by atoms with van der Waals surface area (Å²) in [6.45, 7) is 7.58. The van der Waals surface area contributed by atoms with E-state index in [1.54, 1.807) is 0 Å². The Hall–Kier alpha value is -1.63. The molecule has 1 fully saturated rings. The third-order valence-electron chi connectivity index (χ3n) is 3.51. The van der Waals surface area contributed by atoms with Crippen LogP contribution in [0.25, 0.3) is 0 Å². The molecule has 3 N–H and O–H groups in total. The maximum atomic E-state index is 9.10. The van der Waals surface area contributed by atoms with Crippen molar-refractivity contribution in [3.63, 3.8) is 0 Å². The summed E-state index contributed by atoms with van der Waals surface area (Å²) in [7, 11) is 0. The van der Waals surface area contributed by atoms with Gasteiger partial charge >= 0.3 is 6.01 Å². The predicted octanol–water partition coefficient (Wildman–Crippen LogP) is 1.67. The minimum absolute atomic E-state index is 0.0129. The summed E-state index contributed by atoms with van der Waals surface area (Å²) >= 11 is 0. The average Bonchev–Trinajstić information content (AvgIpc) is 3.17. The molecule has 118 valence electrons. The monoisotopic (exact) mass is 295 g/mol. The number of hydrogen-bond acceptors (Lipinski definition) is 7. The Kier molecular flexibility index (Phi) is 5.17. The zero-order valence-corrected chi connectivity index (χ0v) is 13.0. The summed E-state index contributed by atoms with van der Waals surface area (Å²) in [5.41, 5.74) is 0.207. The second-order valence-electron chi connectivity index (χ2n) is 5.79. The fourth-order valence-corrected chi connectivity index (χ4v) is 2.13. The zero-order chi connectivity index (χ0) is 15.3. The van der Waals surface area contributed by atoms with Gasteiger partial charge in [-0.2, -0.15) is 15.0 Å². The van der Waals surface area contributed by atoms with Crippen LogP contribution in [0.3, 0.4) is 0 Å². The maximum Gasteiger partial charge on any atom is 0.323 e. The normalized spacial score (nSPS) is 15.9. The van der Waals surface area contributed by atoms with Gasteiger partial charge in [-0.15, -0.1) is 0 Å². The maximum absolute atomic E-state index is 9.10. The Balaban J connectivity index is 2.04. The molecule has 0 amide bonds. The lowest BCUT2D eigenvalue weighted by molar-refractivity contribution is 0.222. The minimum atomic E-state index is 0.0129. The van der Waals surface area contributed by atoms with E-state index in [2.05, 4.69) is 25.6 Å². The van der Waals surface area contributed by atoms with Crippen LogP contribution < -0.4 is 15.4 Å². The topological polar surface area (TPSA) is 92.2 Å².